The molecule has 9 nitrogen and oxygen atoms in total. The molecule has 0 radical (unpaired) electrons. The Labute approximate surface area is 226 Å². The van der Waals surface area contributed by atoms with Crippen LogP contribution in [0, 0.1) is 11.3 Å². The van der Waals surface area contributed by atoms with Crippen LogP contribution in [0.15, 0.2) is 67.6 Å². The number of hydrogen-bond acceptors (Lipinski definition) is 6. The molecule has 1 saturated heterocycles. The topological polar surface area (TPSA) is 117 Å². The SMILES string of the molecule is C=CC(=O)N1CCCC(n2nc(-c3ccc(C(=O)Nc4cc(C(F)(F)F)ccn4)cc3)c3cncc(C#N)c32)C1. The van der Waals surface area contributed by atoms with Gasteiger partial charge in [-0.15, -0.1) is 0 Å². The van der Waals surface area contributed by atoms with Crippen molar-refractivity contribution in [2.24, 2.45) is 0 Å². The van der Waals surface area contributed by atoms with Gasteiger partial charge in [0, 0.05) is 48.2 Å². The summed E-state index contributed by atoms with van der Waals surface area (Å²) < 4.78 is 40.7. The summed E-state index contributed by atoms with van der Waals surface area (Å²) in [5, 5.41) is 17.6. The first kappa shape index (κ1) is 26.6. The summed E-state index contributed by atoms with van der Waals surface area (Å²) in [5.41, 5.74) is 1.41. The maximum absolute atomic E-state index is 13.0. The molecule has 0 spiro atoms. The van der Waals surface area contributed by atoms with E-state index in [4.69, 9.17) is 5.10 Å². The molecule has 1 aliphatic heterocycles. The number of carbonyl (C=O) groups excluding carboxylic acids is 2. The lowest BCUT2D eigenvalue weighted by Crippen LogP contribution is -2.40. The van der Waals surface area contributed by atoms with Gasteiger partial charge in [-0.05, 0) is 43.2 Å². The molecule has 1 N–H and O–H groups in total. The van der Waals surface area contributed by atoms with Crippen molar-refractivity contribution in [1.82, 2.24) is 24.6 Å². The molecule has 4 heterocycles. The first-order valence-corrected chi connectivity index (χ1v) is 12.3. The second-order valence-electron chi connectivity index (χ2n) is 9.23. The van der Waals surface area contributed by atoms with Crippen LogP contribution in [0.2, 0.25) is 0 Å². The average Bonchev–Trinajstić information content (AvgIpc) is 3.36. The minimum Gasteiger partial charge on any atom is -0.337 e. The maximum Gasteiger partial charge on any atom is 0.416 e. The third-order valence-corrected chi connectivity index (χ3v) is 6.71. The smallest absolute Gasteiger partial charge is 0.337 e. The van der Waals surface area contributed by atoms with Gasteiger partial charge >= 0.3 is 6.18 Å². The van der Waals surface area contributed by atoms with Crippen LogP contribution in [-0.2, 0) is 11.0 Å². The predicted octanol–water partition coefficient (Wildman–Crippen LogP) is 4.99. The lowest BCUT2D eigenvalue weighted by molar-refractivity contribution is -0.137. The molecule has 202 valence electrons. The zero-order chi connectivity index (χ0) is 28.4. The fourth-order valence-corrected chi connectivity index (χ4v) is 4.77. The standard InChI is InChI=1S/C28H22F3N7O2/c1-2-24(39)37-11-3-4-21(16-37)38-26-19(13-32)14-33-15-22(26)25(36-38)17-5-7-18(8-6-17)27(40)35-23-12-20(9-10-34-23)28(29,30)31/h2,5-10,12,14-15,21H,1,3-4,11,16H2,(H,34,35,40). The number of alkyl halides is 3. The van der Waals surface area contributed by atoms with E-state index in [0.717, 1.165) is 31.2 Å². The minimum absolute atomic E-state index is 0.169. The van der Waals surface area contributed by atoms with Gasteiger partial charge < -0.3 is 10.2 Å². The van der Waals surface area contributed by atoms with Crippen LogP contribution in [0.3, 0.4) is 0 Å². The second kappa shape index (κ2) is 10.6. The van der Waals surface area contributed by atoms with Crippen LogP contribution < -0.4 is 5.32 Å². The van der Waals surface area contributed by atoms with Gasteiger partial charge in [-0.1, -0.05) is 18.7 Å². The number of halogens is 3. The quantitative estimate of drug-likeness (QED) is 0.354. The van der Waals surface area contributed by atoms with Gasteiger partial charge in [0.1, 0.15) is 17.6 Å². The largest absolute Gasteiger partial charge is 0.416 e. The van der Waals surface area contributed by atoms with E-state index in [-0.39, 0.29) is 23.3 Å². The number of amides is 2. The van der Waals surface area contributed by atoms with E-state index in [9.17, 15) is 28.0 Å². The van der Waals surface area contributed by atoms with E-state index in [1.54, 1.807) is 27.9 Å². The molecule has 4 aromatic rings. The van der Waals surface area contributed by atoms with Crippen molar-refractivity contribution in [2.45, 2.75) is 25.1 Å². The molecular weight excluding hydrogens is 523 g/mol. The summed E-state index contributed by atoms with van der Waals surface area (Å²) in [5.74, 6) is -1.02. The zero-order valence-corrected chi connectivity index (χ0v) is 21.0. The highest BCUT2D eigenvalue weighted by atomic mass is 19.4. The fourth-order valence-electron chi connectivity index (χ4n) is 4.77. The Morgan fingerprint density at radius 3 is 2.65 bits per heavy atom. The second-order valence-corrected chi connectivity index (χ2v) is 9.23. The van der Waals surface area contributed by atoms with Crippen LogP contribution in [0.25, 0.3) is 22.2 Å². The van der Waals surface area contributed by atoms with Crippen LogP contribution in [-0.4, -0.2) is 49.6 Å². The van der Waals surface area contributed by atoms with Crippen LogP contribution in [0.1, 0.15) is 40.4 Å². The molecule has 1 atom stereocenters. The number of carbonyl (C=O) groups is 2. The molecule has 40 heavy (non-hydrogen) atoms. The third kappa shape index (κ3) is 5.13. The summed E-state index contributed by atoms with van der Waals surface area (Å²) in [4.78, 5) is 34.6. The molecule has 0 saturated carbocycles. The summed E-state index contributed by atoms with van der Waals surface area (Å²) in [6, 6.07) is 9.95. The first-order chi connectivity index (χ1) is 19.2. The number of pyridine rings is 2. The number of nitriles is 1. The highest BCUT2D eigenvalue weighted by Gasteiger charge is 2.31. The number of piperidine rings is 1. The molecule has 12 heteroatoms. The van der Waals surface area contributed by atoms with Gasteiger partial charge in [0.15, 0.2) is 0 Å². The van der Waals surface area contributed by atoms with Gasteiger partial charge in [0.2, 0.25) is 5.91 Å². The number of hydrogen-bond donors (Lipinski definition) is 1. The number of aromatic nitrogens is 4. The van der Waals surface area contributed by atoms with E-state index in [1.165, 1.54) is 24.4 Å². The number of anilines is 1. The Kier molecular flexibility index (Phi) is 7.04. The Morgan fingerprint density at radius 1 is 1.18 bits per heavy atom. The Hall–Kier alpha value is -5.05. The number of benzene rings is 1. The molecule has 1 fully saturated rings. The van der Waals surface area contributed by atoms with Gasteiger partial charge in [0.25, 0.3) is 5.91 Å². The van der Waals surface area contributed by atoms with Gasteiger partial charge in [0.05, 0.1) is 22.7 Å². The minimum atomic E-state index is -4.56. The van der Waals surface area contributed by atoms with E-state index < -0.39 is 17.6 Å². The Bertz CT molecular complexity index is 1660. The molecule has 3 aromatic heterocycles. The number of nitrogens with one attached hydrogen (secondary N) is 1. The summed E-state index contributed by atoms with van der Waals surface area (Å²) in [6.45, 7) is 4.59. The number of nitrogens with zero attached hydrogens (tertiary/aromatic N) is 6. The van der Waals surface area contributed by atoms with Crippen molar-refractivity contribution in [2.75, 3.05) is 18.4 Å². The first-order valence-electron chi connectivity index (χ1n) is 12.3. The van der Waals surface area contributed by atoms with Crippen molar-refractivity contribution in [3.63, 3.8) is 0 Å². The van der Waals surface area contributed by atoms with Gasteiger partial charge in [-0.25, -0.2) is 4.98 Å². The molecular formula is C28H22F3N7O2. The highest BCUT2D eigenvalue weighted by Crippen LogP contribution is 2.34. The summed E-state index contributed by atoms with van der Waals surface area (Å²) in [6.07, 6.45) is 2.30. The highest BCUT2D eigenvalue weighted by molar-refractivity contribution is 6.04. The third-order valence-electron chi connectivity index (χ3n) is 6.71. The Balaban J connectivity index is 1.45. The molecule has 1 unspecified atom stereocenters. The van der Waals surface area contributed by atoms with Crippen LogP contribution >= 0.6 is 0 Å². The molecule has 1 aliphatic rings. The van der Waals surface area contributed by atoms with Crippen molar-refractivity contribution in [1.29, 1.82) is 5.26 Å². The average molecular weight is 546 g/mol. The van der Waals surface area contributed by atoms with E-state index >= 15 is 0 Å². The van der Waals surface area contributed by atoms with Crippen LogP contribution in [0.4, 0.5) is 19.0 Å². The predicted molar refractivity (Wildman–Crippen MR) is 140 cm³/mol. The fraction of sp³-hybridized carbons (Fsp3) is 0.214. The van der Waals surface area contributed by atoms with E-state index in [0.29, 0.717) is 40.8 Å². The normalized spacial score (nSPS) is 15.4. The maximum atomic E-state index is 13.0. The van der Waals surface area contributed by atoms with Crippen molar-refractivity contribution < 1.29 is 22.8 Å². The summed E-state index contributed by atoms with van der Waals surface area (Å²) in [7, 11) is 0. The molecule has 5 rings (SSSR count). The number of likely N-dealkylation sites (tertiary alicyclic amines) is 1. The molecule has 0 aliphatic carbocycles. The number of rotatable bonds is 5. The van der Waals surface area contributed by atoms with Crippen LogP contribution in [0.5, 0.6) is 0 Å². The molecule has 2 amide bonds. The van der Waals surface area contributed by atoms with Crippen molar-refractivity contribution in [3.05, 3.63) is 84.3 Å². The lowest BCUT2D eigenvalue weighted by Gasteiger charge is -2.32. The van der Waals surface area contributed by atoms with E-state index in [2.05, 4.69) is 27.9 Å². The molecule has 0 bridgehead atoms. The van der Waals surface area contributed by atoms with Gasteiger partial charge in [-0.3, -0.25) is 19.3 Å². The Morgan fingerprint density at radius 2 is 1.95 bits per heavy atom. The number of fused-ring (bicyclic) bond motifs is 1. The lowest BCUT2D eigenvalue weighted by atomic mass is 10.0. The summed E-state index contributed by atoms with van der Waals surface area (Å²) >= 11 is 0. The van der Waals surface area contributed by atoms with Crippen molar-refractivity contribution >= 4 is 28.5 Å². The molecule has 1 aromatic carbocycles. The zero-order valence-electron chi connectivity index (χ0n) is 21.0. The van der Waals surface area contributed by atoms with Gasteiger partial charge in [-0.2, -0.15) is 23.5 Å². The van der Waals surface area contributed by atoms with E-state index in [1.807, 2.05) is 0 Å². The monoisotopic (exact) mass is 545 g/mol. The van der Waals surface area contributed by atoms with Crippen molar-refractivity contribution in [3.8, 4) is 17.3 Å².